The van der Waals surface area contributed by atoms with E-state index in [0.29, 0.717) is 18.0 Å². The number of amides is 1. The first-order valence-electron chi connectivity index (χ1n) is 6.96. The first kappa shape index (κ1) is 13.5. The van der Waals surface area contributed by atoms with Crippen molar-refractivity contribution in [3.05, 3.63) is 53.6 Å². The highest BCUT2D eigenvalue weighted by Crippen LogP contribution is 2.33. The van der Waals surface area contributed by atoms with Gasteiger partial charge < -0.3 is 14.8 Å². The van der Waals surface area contributed by atoms with Gasteiger partial charge in [0.05, 0.1) is 12.3 Å². The average molecular weight is 283 g/mol. The van der Waals surface area contributed by atoms with E-state index in [1.54, 1.807) is 0 Å². The summed E-state index contributed by atoms with van der Waals surface area (Å²) in [4.78, 5) is 12.0. The van der Waals surface area contributed by atoms with Gasteiger partial charge in [-0.3, -0.25) is 4.79 Å². The van der Waals surface area contributed by atoms with Crippen LogP contribution in [-0.4, -0.2) is 19.1 Å². The molecule has 4 nitrogen and oxygen atoms in total. The number of nitrogens with one attached hydrogen (secondary N) is 1. The highest BCUT2D eigenvalue weighted by Gasteiger charge is 2.17. The van der Waals surface area contributed by atoms with Crippen LogP contribution in [0.5, 0.6) is 11.5 Å². The predicted octanol–water partition coefficient (Wildman–Crippen LogP) is 2.95. The van der Waals surface area contributed by atoms with Crippen LogP contribution in [0, 0.1) is 6.92 Å². The Bertz CT molecular complexity index is 650. The van der Waals surface area contributed by atoms with Crippen molar-refractivity contribution in [2.24, 2.45) is 0 Å². The van der Waals surface area contributed by atoms with Crippen LogP contribution in [0.25, 0.3) is 0 Å². The topological polar surface area (TPSA) is 47.6 Å². The number of fused-ring (bicyclic) bond motifs is 1. The van der Waals surface area contributed by atoms with E-state index >= 15 is 0 Å². The van der Waals surface area contributed by atoms with Gasteiger partial charge in [-0.25, -0.2) is 0 Å². The Morgan fingerprint density at radius 1 is 1.24 bits per heavy atom. The molecule has 3 rings (SSSR count). The van der Waals surface area contributed by atoms with Crippen LogP contribution in [0.2, 0.25) is 0 Å². The van der Waals surface area contributed by atoms with Crippen molar-refractivity contribution in [1.29, 1.82) is 0 Å². The number of rotatable bonds is 4. The molecule has 1 heterocycles. The highest BCUT2D eigenvalue weighted by molar-refractivity contribution is 5.93. The third-order valence-electron chi connectivity index (χ3n) is 3.38. The molecule has 0 radical (unpaired) electrons. The standard InChI is InChI=1S/C17H17NO3/c1-12-5-7-14(8-6-12)21-11-16(19)18-15-4-2-3-13-9-10-20-17(13)15/h2-8H,9-11H2,1H3,(H,18,19). The molecule has 108 valence electrons. The SMILES string of the molecule is Cc1ccc(OCC(=O)Nc2cccc3c2OCC3)cc1. The zero-order valence-corrected chi connectivity index (χ0v) is 11.9. The minimum absolute atomic E-state index is 0.0211. The molecule has 1 aliphatic rings. The summed E-state index contributed by atoms with van der Waals surface area (Å²) in [5, 5.41) is 2.83. The number of aryl methyl sites for hydroxylation is 1. The molecule has 2 aromatic carbocycles. The van der Waals surface area contributed by atoms with E-state index in [4.69, 9.17) is 9.47 Å². The van der Waals surface area contributed by atoms with Gasteiger partial charge in [0.1, 0.15) is 11.5 Å². The molecule has 1 N–H and O–H groups in total. The maximum atomic E-state index is 12.0. The number of ether oxygens (including phenoxy) is 2. The lowest BCUT2D eigenvalue weighted by Crippen LogP contribution is -2.20. The molecule has 0 bridgehead atoms. The predicted molar refractivity (Wildman–Crippen MR) is 80.9 cm³/mol. The zero-order valence-electron chi connectivity index (χ0n) is 11.9. The van der Waals surface area contributed by atoms with Crippen molar-refractivity contribution in [2.75, 3.05) is 18.5 Å². The van der Waals surface area contributed by atoms with Crippen molar-refractivity contribution < 1.29 is 14.3 Å². The molecule has 2 aromatic rings. The fraction of sp³-hybridized carbons (Fsp3) is 0.235. The molecule has 0 fully saturated rings. The molecule has 0 aliphatic carbocycles. The van der Waals surface area contributed by atoms with E-state index in [1.807, 2.05) is 49.4 Å². The lowest BCUT2D eigenvalue weighted by Gasteiger charge is -2.10. The normalized spacial score (nSPS) is 12.4. The van der Waals surface area contributed by atoms with Crippen molar-refractivity contribution in [1.82, 2.24) is 0 Å². The third kappa shape index (κ3) is 3.16. The Morgan fingerprint density at radius 2 is 2.05 bits per heavy atom. The van der Waals surface area contributed by atoms with Gasteiger partial charge in [0, 0.05) is 6.42 Å². The number of anilines is 1. The average Bonchev–Trinajstić information content (AvgIpc) is 2.96. The van der Waals surface area contributed by atoms with Crippen LogP contribution in [0.1, 0.15) is 11.1 Å². The Balaban J connectivity index is 1.60. The van der Waals surface area contributed by atoms with E-state index in [0.717, 1.165) is 23.3 Å². The van der Waals surface area contributed by atoms with Gasteiger partial charge >= 0.3 is 0 Å². The van der Waals surface area contributed by atoms with Crippen molar-refractivity contribution in [3.8, 4) is 11.5 Å². The van der Waals surface area contributed by atoms with Gasteiger partial charge in [0.25, 0.3) is 5.91 Å². The quantitative estimate of drug-likeness (QED) is 0.938. The monoisotopic (exact) mass is 283 g/mol. The Hall–Kier alpha value is -2.49. The van der Waals surface area contributed by atoms with Crippen LogP contribution in [0.3, 0.4) is 0 Å². The Morgan fingerprint density at radius 3 is 2.86 bits per heavy atom. The second-order valence-corrected chi connectivity index (χ2v) is 5.04. The molecule has 0 spiro atoms. The van der Waals surface area contributed by atoms with Gasteiger partial charge in [-0.15, -0.1) is 0 Å². The highest BCUT2D eigenvalue weighted by atomic mass is 16.5. The molecular weight excluding hydrogens is 266 g/mol. The van der Waals surface area contributed by atoms with E-state index in [2.05, 4.69) is 5.32 Å². The molecule has 21 heavy (non-hydrogen) atoms. The maximum absolute atomic E-state index is 12.0. The van der Waals surface area contributed by atoms with Crippen molar-refractivity contribution in [2.45, 2.75) is 13.3 Å². The Labute approximate surface area is 123 Å². The molecule has 1 aliphatic heterocycles. The first-order valence-corrected chi connectivity index (χ1v) is 6.96. The summed E-state index contributed by atoms with van der Waals surface area (Å²) in [6.45, 7) is 2.65. The summed E-state index contributed by atoms with van der Waals surface area (Å²) < 4.78 is 11.0. The smallest absolute Gasteiger partial charge is 0.262 e. The lowest BCUT2D eigenvalue weighted by molar-refractivity contribution is -0.118. The number of para-hydroxylation sites is 1. The number of carbonyl (C=O) groups excluding carboxylic acids is 1. The molecule has 0 aromatic heterocycles. The zero-order chi connectivity index (χ0) is 14.7. The second-order valence-electron chi connectivity index (χ2n) is 5.04. The fourth-order valence-corrected chi connectivity index (χ4v) is 2.28. The molecule has 0 unspecified atom stereocenters. The number of carbonyl (C=O) groups is 1. The first-order chi connectivity index (χ1) is 10.2. The molecule has 0 atom stereocenters. The summed E-state index contributed by atoms with van der Waals surface area (Å²) in [7, 11) is 0. The van der Waals surface area contributed by atoms with Gasteiger partial charge in [-0.2, -0.15) is 0 Å². The van der Waals surface area contributed by atoms with Crippen LogP contribution < -0.4 is 14.8 Å². The van der Waals surface area contributed by atoms with Crippen LogP contribution in [0.15, 0.2) is 42.5 Å². The lowest BCUT2D eigenvalue weighted by atomic mass is 10.1. The second kappa shape index (κ2) is 5.87. The molecule has 1 amide bonds. The van der Waals surface area contributed by atoms with Gasteiger partial charge in [0.2, 0.25) is 0 Å². The molecular formula is C17H17NO3. The maximum Gasteiger partial charge on any atom is 0.262 e. The van der Waals surface area contributed by atoms with Crippen molar-refractivity contribution >= 4 is 11.6 Å². The number of benzene rings is 2. The summed E-state index contributed by atoms with van der Waals surface area (Å²) in [5.74, 6) is 1.27. The van der Waals surface area contributed by atoms with Crippen LogP contribution in [-0.2, 0) is 11.2 Å². The van der Waals surface area contributed by atoms with E-state index in [1.165, 1.54) is 0 Å². The van der Waals surface area contributed by atoms with E-state index in [9.17, 15) is 4.79 Å². The fourth-order valence-electron chi connectivity index (χ4n) is 2.28. The minimum Gasteiger partial charge on any atom is -0.491 e. The number of hydrogen-bond donors (Lipinski definition) is 1. The Kier molecular flexibility index (Phi) is 3.77. The molecule has 0 saturated heterocycles. The molecule has 4 heteroatoms. The van der Waals surface area contributed by atoms with Gasteiger partial charge in [-0.1, -0.05) is 29.8 Å². The summed E-state index contributed by atoms with van der Waals surface area (Å²) >= 11 is 0. The minimum atomic E-state index is -0.195. The third-order valence-corrected chi connectivity index (χ3v) is 3.38. The van der Waals surface area contributed by atoms with Gasteiger partial charge in [0.15, 0.2) is 6.61 Å². The summed E-state index contributed by atoms with van der Waals surface area (Å²) in [6, 6.07) is 13.4. The van der Waals surface area contributed by atoms with E-state index in [-0.39, 0.29) is 12.5 Å². The summed E-state index contributed by atoms with van der Waals surface area (Å²) in [5.41, 5.74) is 3.00. The van der Waals surface area contributed by atoms with Crippen molar-refractivity contribution in [3.63, 3.8) is 0 Å². The van der Waals surface area contributed by atoms with E-state index < -0.39 is 0 Å². The number of hydrogen-bond acceptors (Lipinski definition) is 3. The van der Waals surface area contributed by atoms with Crippen LogP contribution >= 0.6 is 0 Å². The molecule has 0 saturated carbocycles. The van der Waals surface area contributed by atoms with Gasteiger partial charge in [-0.05, 0) is 30.7 Å². The van der Waals surface area contributed by atoms with Crippen LogP contribution in [0.4, 0.5) is 5.69 Å². The summed E-state index contributed by atoms with van der Waals surface area (Å²) in [6.07, 6.45) is 0.888. The largest absolute Gasteiger partial charge is 0.491 e.